The number of thiophene rings is 1. The van der Waals surface area contributed by atoms with Crippen molar-refractivity contribution >= 4 is 27.9 Å². The van der Waals surface area contributed by atoms with E-state index in [1.165, 1.54) is 32.6 Å². The number of rotatable bonds is 6. The van der Waals surface area contributed by atoms with Gasteiger partial charge in [0, 0.05) is 49.5 Å². The van der Waals surface area contributed by atoms with Gasteiger partial charge in [0.2, 0.25) is 0 Å². The lowest BCUT2D eigenvalue weighted by Crippen LogP contribution is -2.45. The Bertz CT molecular complexity index is 1290. The molecule has 3 nitrogen and oxygen atoms in total. The Morgan fingerprint density at radius 3 is 2.06 bits per heavy atom. The molecule has 0 radical (unpaired) electrons. The Hall–Kier alpha value is -3.34. The van der Waals surface area contributed by atoms with Gasteiger partial charge in [0.15, 0.2) is 0 Å². The lowest BCUT2D eigenvalue weighted by Gasteiger charge is -2.36. The van der Waals surface area contributed by atoms with Crippen molar-refractivity contribution < 1.29 is 0 Å². The SMILES string of the molecule is c1ccc(C(c2ccccc2)n2ccc3ccc(N4CCN(Cc5cccs5)CC4)cc32)cc1. The van der Waals surface area contributed by atoms with Gasteiger partial charge < -0.3 is 9.47 Å². The summed E-state index contributed by atoms with van der Waals surface area (Å²) in [4.78, 5) is 6.58. The Balaban J connectivity index is 1.30. The monoisotopic (exact) mass is 463 g/mol. The molecule has 0 N–H and O–H groups in total. The minimum Gasteiger partial charge on any atom is -0.369 e. The van der Waals surface area contributed by atoms with Crippen LogP contribution >= 0.6 is 11.3 Å². The third-order valence-corrected chi connectivity index (χ3v) is 7.77. The van der Waals surface area contributed by atoms with E-state index in [4.69, 9.17) is 0 Å². The van der Waals surface area contributed by atoms with E-state index >= 15 is 0 Å². The maximum atomic E-state index is 2.57. The van der Waals surface area contributed by atoms with E-state index in [1.54, 1.807) is 0 Å². The standard InChI is InChI=1S/C30H29N3S/c1-3-8-25(9-4-1)30(26-10-5-2-6-11-26)33-16-15-24-13-14-27(22-29(24)33)32-19-17-31(18-20-32)23-28-12-7-21-34-28/h1-16,21-22,30H,17-20,23H2. The zero-order chi connectivity index (χ0) is 22.7. The minimum absolute atomic E-state index is 0.151. The molecule has 3 heterocycles. The van der Waals surface area contributed by atoms with E-state index < -0.39 is 0 Å². The van der Waals surface area contributed by atoms with Crippen LogP contribution in [0.1, 0.15) is 22.0 Å². The van der Waals surface area contributed by atoms with E-state index in [-0.39, 0.29) is 6.04 Å². The number of fused-ring (bicyclic) bond motifs is 1. The van der Waals surface area contributed by atoms with Gasteiger partial charge in [-0.25, -0.2) is 0 Å². The van der Waals surface area contributed by atoms with Gasteiger partial charge in [0.05, 0.1) is 11.6 Å². The lowest BCUT2D eigenvalue weighted by atomic mass is 9.98. The molecule has 1 aliphatic heterocycles. The van der Waals surface area contributed by atoms with Crippen molar-refractivity contribution in [1.29, 1.82) is 0 Å². The maximum absolute atomic E-state index is 2.57. The number of piperazine rings is 1. The summed E-state index contributed by atoms with van der Waals surface area (Å²) in [6.45, 7) is 5.42. The maximum Gasteiger partial charge on any atom is 0.0839 e. The van der Waals surface area contributed by atoms with Crippen molar-refractivity contribution in [2.75, 3.05) is 31.1 Å². The Morgan fingerprint density at radius 1 is 0.706 bits per heavy atom. The van der Waals surface area contributed by atoms with E-state index in [9.17, 15) is 0 Å². The Kier molecular flexibility index (Phi) is 5.92. The Morgan fingerprint density at radius 2 is 1.41 bits per heavy atom. The third-order valence-electron chi connectivity index (χ3n) is 6.91. The highest BCUT2D eigenvalue weighted by molar-refractivity contribution is 7.09. The van der Waals surface area contributed by atoms with Gasteiger partial charge in [-0.3, -0.25) is 4.90 Å². The van der Waals surface area contributed by atoms with Crippen LogP contribution in [0.5, 0.6) is 0 Å². The van der Waals surface area contributed by atoms with Gasteiger partial charge >= 0.3 is 0 Å². The molecule has 0 saturated carbocycles. The number of hydrogen-bond donors (Lipinski definition) is 0. The zero-order valence-electron chi connectivity index (χ0n) is 19.3. The summed E-state index contributed by atoms with van der Waals surface area (Å²) in [6.07, 6.45) is 2.25. The van der Waals surface area contributed by atoms with Gasteiger partial charge in [-0.05, 0) is 46.2 Å². The summed E-state index contributed by atoms with van der Waals surface area (Å²) < 4.78 is 2.44. The fourth-order valence-corrected chi connectivity index (χ4v) is 5.88. The summed E-state index contributed by atoms with van der Waals surface area (Å²) in [7, 11) is 0. The molecular weight excluding hydrogens is 434 g/mol. The molecule has 0 unspecified atom stereocenters. The number of benzene rings is 3. The number of hydrogen-bond acceptors (Lipinski definition) is 3. The largest absolute Gasteiger partial charge is 0.369 e. The second-order valence-electron chi connectivity index (χ2n) is 9.03. The number of aromatic nitrogens is 1. The molecule has 0 amide bonds. The van der Waals surface area contributed by atoms with Gasteiger partial charge in [-0.1, -0.05) is 72.8 Å². The van der Waals surface area contributed by atoms with E-state index in [0.29, 0.717) is 0 Å². The van der Waals surface area contributed by atoms with Crippen LogP contribution in [0, 0.1) is 0 Å². The van der Waals surface area contributed by atoms with E-state index in [1.807, 2.05) is 11.3 Å². The van der Waals surface area contributed by atoms with E-state index in [0.717, 1.165) is 32.7 Å². The molecule has 6 rings (SSSR count). The van der Waals surface area contributed by atoms with Crippen molar-refractivity contribution in [3.05, 3.63) is 125 Å². The molecule has 5 aromatic rings. The van der Waals surface area contributed by atoms with Crippen LogP contribution in [0.2, 0.25) is 0 Å². The van der Waals surface area contributed by atoms with Crippen molar-refractivity contribution in [3.8, 4) is 0 Å². The molecule has 3 aromatic carbocycles. The van der Waals surface area contributed by atoms with Crippen LogP contribution in [0.15, 0.2) is 109 Å². The molecule has 2 aromatic heterocycles. The average molecular weight is 464 g/mol. The predicted octanol–water partition coefficient (Wildman–Crippen LogP) is 6.66. The first-order valence-corrected chi connectivity index (χ1v) is 12.9. The highest BCUT2D eigenvalue weighted by Crippen LogP contribution is 2.33. The van der Waals surface area contributed by atoms with Crippen LogP contribution in [0.25, 0.3) is 10.9 Å². The summed E-state index contributed by atoms with van der Waals surface area (Å²) >= 11 is 1.86. The summed E-state index contributed by atoms with van der Waals surface area (Å²) in [5.74, 6) is 0. The lowest BCUT2D eigenvalue weighted by molar-refractivity contribution is 0.252. The van der Waals surface area contributed by atoms with Crippen LogP contribution in [-0.4, -0.2) is 35.6 Å². The molecule has 1 fully saturated rings. The summed E-state index contributed by atoms with van der Waals surface area (Å²) in [5.41, 5.74) is 5.22. The normalized spacial score (nSPS) is 14.8. The summed E-state index contributed by atoms with van der Waals surface area (Å²) in [6, 6.07) is 35.4. The topological polar surface area (TPSA) is 11.4 Å². The van der Waals surface area contributed by atoms with Crippen LogP contribution in [0.3, 0.4) is 0 Å². The molecule has 0 atom stereocenters. The first-order valence-electron chi connectivity index (χ1n) is 12.1. The molecule has 1 aliphatic rings. The second kappa shape index (κ2) is 9.49. The van der Waals surface area contributed by atoms with Crippen LogP contribution in [0.4, 0.5) is 5.69 Å². The minimum atomic E-state index is 0.151. The molecule has 1 saturated heterocycles. The van der Waals surface area contributed by atoms with Gasteiger partial charge in [-0.2, -0.15) is 0 Å². The summed E-state index contributed by atoms with van der Waals surface area (Å²) in [5, 5.41) is 3.46. The van der Waals surface area contributed by atoms with Crippen molar-refractivity contribution in [2.24, 2.45) is 0 Å². The first-order chi connectivity index (χ1) is 16.8. The molecule has 0 spiro atoms. The van der Waals surface area contributed by atoms with Crippen molar-refractivity contribution in [1.82, 2.24) is 9.47 Å². The Labute approximate surface area is 205 Å². The predicted molar refractivity (Wildman–Crippen MR) is 144 cm³/mol. The molecule has 170 valence electrons. The smallest absolute Gasteiger partial charge is 0.0839 e. The highest BCUT2D eigenvalue weighted by atomic mass is 32.1. The van der Waals surface area contributed by atoms with Crippen molar-refractivity contribution in [2.45, 2.75) is 12.6 Å². The number of nitrogens with zero attached hydrogens (tertiary/aromatic N) is 3. The third kappa shape index (κ3) is 4.27. The highest BCUT2D eigenvalue weighted by Gasteiger charge is 2.21. The fraction of sp³-hybridized carbons (Fsp3) is 0.200. The van der Waals surface area contributed by atoms with Crippen LogP contribution < -0.4 is 4.90 Å². The zero-order valence-corrected chi connectivity index (χ0v) is 20.1. The first kappa shape index (κ1) is 21.2. The molecule has 0 aliphatic carbocycles. The van der Waals surface area contributed by atoms with Gasteiger partial charge in [0.25, 0.3) is 0 Å². The molecule has 4 heteroatoms. The average Bonchev–Trinajstić information content (AvgIpc) is 3.56. The van der Waals surface area contributed by atoms with Gasteiger partial charge in [-0.15, -0.1) is 11.3 Å². The van der Waals surface area contributed by atoms with E-state index in [2.05, 4.69) is 123 Å². The quantitative estimate of drug-likeness (QED) is 0.279. The van der Waals surface area contributed by atoms with Crippen LogP contribution in [-0.2, 0) is 6.54 Å². The fourth-order valence-electron chi connectivity index (χ4n) is 5.13. The number of anilines is 1. The molecule has 0 bridgehead atoms. The van der Waals surface area contributed by atoms with Crippen molar-refractivity contribution in [3.63, 3.8) is 0 Å². The second-order valence-corrected chi connectivity index (χ2v) is 10.1. The molecule has 34 heavy (non-hydrogen) atoms. The van der Waals surface area contributed by atoms with Gasteiger partial charge in [0.1, 0.15) is 0 Å². The molecular formula is C30H29N3S.